The van der Waals surface area contributed by atoms with Gasteiger partial charge in [-0.25, -0.2) is 12.8 Å². The highest BCUT2D eigenvalue weighted by Gasteiger charge is 2.33. The number of hydrogen-bond acceptors (Lipinski definition) is 4. The molecule has 1 aliphatic heterocycles. The van der Waals surface area contributed by atoms with Gasteiger partial charge >= 0.3 is 6.61 Å². The van der Waals surface area contributed by atoms with Crippen LogP contribution in [0.3, 0.4) is 0 Å². The van der Waals surface area contributed by atoms with Crippen molar-refractivity contribution in [1.29, 1.82) is 0 Å². The van der Waals surface area contributed by atoms with Crippen molar-refractivity contribution in [2.24, 2.45) is 5.92 Å². The maximum Gasteiger partial charge on any atom is 0.387 e. The molecule has 2 aromatic rings. The zero-order valence-electron chi connectivity index (χ0n) is 15.2. The number of hydrogen-bond donors (Lipinski definition) is 1. The monoisotopic (exact) mass is 428 g/mol. The van der Waals surface area contributed by atoms with Gasteiger partial charge in [0.05, 0.1) is 10.8 Å². The molecule has 3 rings (SSSR count). The number of sulfonamides is 1. The summed E-state index contributed by atoms with van der Waals surface area (Å²) in [6.45, 7) is -2.76. The summed E-state index contributed by atoms with van der Waals surface area (Å²) in [6, 6.07) is 10.1. The third kappa shape index (κ3) is 5.27. The molecule has 29 heavy (non-hydrogen) atoms. The molecule has 10 heteroatoms. The fourth-order valence-corrected chi connectivity index (χ4v) is 4.65. The van der Waals surface area contributed by atoms with Crippen molar-refractivity contribution in [3.05, 3.63) is 54.3 Å². The predicted molar refractivity (Wildman–Crippen MR) is 99.6 cm³/mol. The van der Waals surface area contributed by atoms with Crippen LogP contribution in [-0.4, -0.2) is 38.3 Å². The van der Waals surface area contributed by atoms with E-state index in [9.17, 15) is 26.4 Å². The van der Waals surface area contributed by atoms with Crippen molar-refractivity contribution in [2.45, 2.75) is 24.3 Å². The maximum atomic E-state index is 13.1. The van der Waals surface area contributed by atoms with Crippen molar-refractivity contribution in [2.75, 3.05) is 18.4 Å². The Balaban J connectivity index is 1.69. The number of halogens is 3. The lowest BCUT2D eigenvalue weighted by atomic mass is 9.98. The molecule has 0 bridgehead atoms. The van der Waals surface area contributed by atoms with Crippen LogP contribution < -0.4 is 10.1 Å². The Labute approximate surface area is 166 Å². The molecule has 0 aliphatic carbocycles. The second-order valence-corrected chi connectivity index (χ2v) is 8.49. The van der Waals surface area contributed by atoms with Gasteiger partial charge in [0.2, 0.25) is 15.9 Å². The second-order valence-electron chi connectivity index (χ2n) is 6.55. The first kappa shape index (κ1) is 21.1. The van der Waals surface area contributed by atoms with E-state index < -0.39 is 34.3 Å². The van der Waals surface area contributed by atoms with Crippen LogP contribution in [0.2, 0.25) is 0 Å². The molecule has 2 aromatic carbocycles. The number of benzene rings is 2. The van der Waals surface area contributed by atoms with Crippen molar-refractivity contribution >= 4 is 21.6 Å². The molecule has 1 saturated heterocycles. The third-order valence-electron chi connectivity index (χ3n) is 4.53. The van der Waals surface area contributed by atoms with Crippen LogP contribution in [0, 0.1) is 11.7 Å². The van der Waals surface area contributed by atoms with Crippen molar-refractivity contribution in [3.8, 4) is 5.75 Å². The highest BCUT2D eigenvalue weighted by molar-refractivity contribution is 7.89. The van der Waals surface area contributed by atoms with E-state index in [1.54, 1.807) is 0 Å². The summed E-state index contributed by atoms with van der Waals surface area (Å²) in [4.78, 5) is 12.5. The van der Waals surface area contributed by atoms with Gasteiger partial charge in [-0.2, -0.15) is 13.1 Å². The molecule has 1 amide bonds. The highest BCUT2D eigenvalue weighted by atomic mass is 32.2. The molecular weight excluding hydrogens is 409 g/mol. The van der Waals surface area contributed by atoms with Crippen LogP contribution in [0.25, 0.3) is 0 Å². The van der Waals surface area contributed by atoms with E-state index in [1.807, 2.05) is 0 Å². The number of nitrogens with zero attached hydrogens (tertiary/aromatic N) is 1. The molecule has 0 spiro atoms. The van der Waals surface area contributed by atoms with Crippen molar-refractivity contribution < 1.29 is 31.1 Å². The zero-order valence-corrected chi connectivity index (χ0v) is 16.0. The van der Waals surface area contributed by atoms with E-state index >= 15 is 0 Å². The Hall–Kier alpha value is -2.59. The lowest BCUT2D eigenvalue weighted by molar-refractivity contribution is -0.120. The summed E-state index contributed by atoms with van der Waals surface area (Å²) >= 11 is 0. The molecular formula is C19H19F3N2O4S. The van der Waals surface area contributed by atoms with E-state index in [0.717, 1.165) is 12.1 Å². The molecule has 1 aliphatic rings. The van der Waals surface area contributed by atoms with Crippen molar-refractivity contribution in [3.63, 3.8) is 0 Å². The Morgan fingerprint density at radius 2 is 1.90 bits per heavy atom. The van der Waals surface area contributed by atoms with Crippen LogP contribution in [0.15, 0.2) is 53.4 Å². The number of carbonyl (C=O) groups is 1. The third-order valence-corrected chi connectivity index (χ3v) is 6.41. The normalized spacial score (nSPS) is 17.9. The van der Waals surface area contributed by atoms with E-state index in [4.69, 9.17) is 0 Å². The number of anilines is 1. The molecule has 6 nitrogen and oxygen atoms in total. The average Bonchev–Trinajstić information content (AvgIpc) is 2.68. The summed E-state index contributed by atoms with van der Waals surface area (Å²) in [5.74, 6) is -1.67. The number of alkyl halides is 2. The quantitative estimate of drug-likeness (QED) is 0.765. The SMILES string of the molecule is O=C(Nc1cccc(OC(F)F)c1)C1CCCN(S(=O)(=O)c2ccc(F)cc2)C1. The molecule has 156 valence electrons. The van der Waals surface area contributed by atoms with Crippen molar-refractivity contribution in [1.82, 2.24) is 4.31 Å². The lowest BCUT2D eigenvalue weighted by Crippen LogP contribution is -2.43. The van der Waals surface area contributed by atoms with Gasteiger partial charge in [-0.3, -0.25) is 4.79 Å². The molecule has 1 atom stereocenters. The van der Waals surface area contributed by atoms with Crippen LogP contribution in [0.5, 0.6) is 5.75 Å². The Morgan fingerprint density at radius 1 is 1.17 bits per heavy atom. The highest BCUT2D eigenvalue weighted by Crippen LogP contribution is 2.26. The summed E-state index contributed by atoms with van der Waals surface area (Å²) < 4.78 is 68.8. The number of piperidine rings is 1. The largest absolute Gasteiger partial charge is 0.435 e. The number of carbonyl (C=O) groups excluding carboxylic acids is 1. The minimum Gasteiger partial charge on any atom is -0.435 e. The van der Waals surface area contributed by atoms with Gasteiger partial charge < -0.3 is 10.1 Å². The summed E-state index contributed by atoms with van der Waals surface area (Å²) in [6.07, 6.45) is 0.960. The van der Waals surface area contributed by atoms with Gasteiger partial charge in [0.15, 0.2) is 0 Å². The van der Waals surface area contributed by atoms with E-state index in [0.29, 0.717) is 12.8 Å². The maximum absolute atomic E-state index is 13.1. The number of amides is 1. The molecule has 1 heterocycles. The van der Waals surface area contributed by atoms with Crippen LogP contribution >= 0.6 is 0 Å². The van der Waals surface area contributed by atoms with E-state index in [1.165, 1.54) is 40.7 Å². The standard InChI is InChI=1S/C19H19F3N2O4S/c20-14-6-8-17(9-7-14)29(26,27)24-10-2-3-13(12-24)18(25)23-15-4-1-5-16(11-15)28-19(21)22/h1,4-9,11,13,19H,2-3,10,12H2,(H,23,25). The summed E-state index contributed by atoms with van der Waals surface area (Å²) in [5, 5.41) is 2.61. The fourth-order valence-electron chi connectivity index (χ4n) is 3.12. The number of rotatable bonds is 6. The smallest absolute Gasteiger partial charge is 0.387 e. The Bertz CT molecular complexity index is 968. The fraction of sp³-hybridized carbons (Fsp3) is 0.316. The average molecular weight is 428 g/mol. The Kier molecular flexibility index (Phi) is 6.43. The second kappa shape index (κ2) is 8.83. The van der Waals surface area contributed by atoms with E-state index in [2.05, 4.69) is 10.1 Å². The van der Waals surface area contributed by atoms with Gasteiger partial charge in [0.1, 0.15) is 11.6 Å². The molecule has 1 fully saturated rings. The first-order valence-electron chi connectivity index (χ1n) is 8.87. The van der Waals surface area contributed by atoms with Gasteiger partial charge in [-0.05, 0) is 49.2 Å². The van der Waals surface area contributed by atoms with Gasteiger partial charge in [0, 0.05) is 24.8 Å². The van der Waals surface area contributed by atoms with Crippen LogP contribution in [0.1, 0.15) is 12.8 Å². The molecule has 1 N–H and O–H groups in total. The summed E-state index contributed by atoms with van der Waals surface area (Å²) in [7, 11) is -3.85. The van der Waals surface area contributed by atoms with Gasteiger partial charge in [0.25, 0.3) is 0 Å². The minimum absolute atomic E-state index is 0.0290. The predicted octanol–water partition coefficient (Wildman–Crippen LogP) is 3.47. The molecule has 1 unspecified atom stereocenters. The van der Waals surface area contributed by atoms with E-state index in [-0.39, 0.29) is 29.4 Å². The molecule has 0 aromatic heterocycles. The molecule has 0 radical (unpaired) electrons. The Morgan fingerprint density at radius 3 is 2.59 bits per heavy atom. The topological polar surface area (TPSA) is 75.7 Å². The minimum atomic E-state index is -3.85. The van der Waals surface area contributed by atoms with Crippen LogP contribution in [-0.2, 0) is 14.8 Å². The first-order chi connectivity index (χ1) is 13.8. The first-order valence-corrected chi connectivity index (χ1v) is 10.3. The van der Waals surface area contributed by atoms with Gasteiger partial charge in [-0.15, -0.1) is 0 Å². The van der Waals surface area contributed by atoms with Crippen LogP contribution in [0.4, 0.5) is 18.9 Å². The van der Waals surface area contributed by atoms with Gasteiger partial charge in [-0.1, -0.05) is 6.07 Å². The zero-order chi connectivity index (χ0) is 21.0. The lowest BCUT2D eigenvalue weighted by Gasteiger charge is -2.31. The molecule has 0 saturated carbocycles. The number of nitrogens with one attached hydrogen (secondary N) is 1. The summed E-state index contributed by atoms with van der Waals surface area (Å²) in [5.41, 5.74) is 0.270. The number of ether oxygens (including phenoxy) is 1.